The summed E-state index contributed by atoms with van der Waals surface area (Å²) in [4.78, 5) is 63.8. The normalized spacial score (nSPS) is 17.6. The predicted molar refractivity (Wildman–Crippen MR) is 228 cm³/mol. The third-order valence-corrected chi connectivity index (χ3v) is 14.2. The molecule has 6 aromatic rings. The fraction of sp³-hybridized carbons (Fsp3) is 0.0426. The van der Waals surface area contributed by atoms with Crippen LogP contribution in [0.15, 0.2) is 178 Å². The van der Waals surface area contributed by atoms with Crippen molar-refractivity contribution < 1.29 is 45.9 Å². The molecule has 306 valence electrons. The second kappa shape index (κ2) is 14.8. The number of Topliss-reactive ketones (excluding diaryl/α,β-unsaturated/α-hetero) is 4. The minimum Gasteiger partial charge on any atom is -0.478 e. The number of benzene rings is 6. The number of carboxylic acids is 1. The Balaban J connectivity index is 0.000000203. The number of aryl methyl sites for hydroxylation is 1. The summed E-state index contributed by atoms with van der Waals surface area (Å²) in [6.07, 6.45) is 0.525. The van der Waals surface area contributed by atoms with Gasteiger partial charge >= 0.3 is 5.97 Å². The summed E-state index contributed by atoms with van der Waals surface area (Å²) < 4.78 is 58.1. The second-order valence-electron chi connectivity index (χ2n) is 14.6. The first-order valence-electron chi connectivity index (χ1n) is 19.0. The van der Waals surface area contributed by atoms with Crippen molar-refractivity contribution in [3.63, 3.8) is 0 Å². The molecule has 13 nitrogen and oxygen atoms in total. The molecule has 1 aliphatic carbocycles. The molecule has 0 saturated carbocycles. The first-order chi connectivity index (χ1) is 29.7. The van der Waals surface area contributed by atoms with Gasteiger partial charge in [0.25, 0.3) is 20.0 Å². The van der Waals surface area contributed by atoms with Gasteiger partial charge in [0.2, 0.25) is 17.3 Å². The average Bonchev–Trinajstić information content (AvgIpc) is 3.98. The third-order valence-electron chi connectivity index (χ3n) is 10.8. The van der Waals surface area contributed by atoms with E-state index in [1.807, 2.05) is 42.5 Å². The number of carboxylic acid groups (broad SMARTS) is 1. The number of sulfonamides is 2. The molecule has 2 N–H and O–H groups in total. The molecule has 3 aliphatic heterocycles. The molecule has 0 bridgehead atoms. The van der Waals surface area contributed by atoms with Crippen molar-refractivity contribution in [3.8, 4) is 0 Å². The van der Waals surface area contributed by atoms with Gasteiger partial charge in [-0.2, -0.15) is 0 Å². The van der Waals surface area contributed by atoms with E-state index in [1.165, 1.54) is 78.9 Å². The zero-order valence-corrected chi connectivity index (χ0v) is 34.0. The lowest BCUT2D eigenvalue weighted by Crippen LogP contribution is -2.36. The van der Waals surface area contributed by atoms with Crippen molar-refractivity contribution in [2.75, 3.05) is 13.9 Å². The number of fused-ring (bicyclic) bond motifs is 4. The highest BCUT2D eigenvalue weighted by molar-refractivity contribution is 7.93. The predicted octanol–water partition coefficient (Wildman–Crippen LogP) is 7.38. The zero-order chi connectivity index (χ0) is 43.7. The Morgan fingerprint density at radius 1 is 0.548 bits per heavy atom. The lowest BCUT2D eigenvalue weighted by molar-refractivity contribution is 0.0695. The maximum Gasteiger partial charge on any atom is 0.335 e. The Morgan fingerprint density at radius 2 is 1.05 bits per heavy atom. The molecule has 0 saturated heterocycles. The molecule has 0 atom stereocenters. The summed E-state index contributed by atoms with van der Waals surface area (Å²) in [5.41, 5.74) is 2.83. The van der Waals surface area contributed by atoms with E-state index in [9.17, 15) is 45.9 Å². The number of nitrogens with one attached hydrogen (secondary N) is 1. The van der Waals surface area contributed by atoms with E-state index < -0.39 is 53.9 Å². The van der Waals surface area contributed by atoms with Crippen molar-refractivity contribution in [1.82, 2.24) is 0 Å². The number of anilines is 3. The molecule has 0 spiro atoms. The highest BCUT2D eigenvalue weighted by Crippen LogP contribution is 2.47. The van der Waals surface area contributed by atoms with Gasteiger partial charge in [-0.25, -0.2) is 30.2 Å². The van der Waals surface area contributed by atoms with E-state index >= 15 is 0 Å². The smallest absolute Gasteiger partial charge is 0.335 e. The fourth-order valence-electron chi connectivity index (χ4n) is 7.91. The molecule has 0 unspecified atom stereocenters. The average molecular weight is 862 g/mol. The zero-order valence-electron chi connectivity index (χ0n) is 32.4. The summed E-state index contributed by atoms with van der Waals surface area (Å²) in [7, 11) is -9.31. The molecule has 4 aliphatic rings. The topological polar surface area (TPSA) is 192 Å². The molecule has 0 fully saturated rings. The van der Waals surface area contributed by atoms with Gasteiger partial charge in [-0.05, 0) is 84.8 Å². The maximum absolute atomic E-state index is 14.2. The number of rotatable bonds is 5. The number of para-hydroxylation sites is 3. The van der Waals surface area contributed by atoms with Crippen LogP contribution in [0.25, 0.3) is 0 Å². The Kier molecular flexibility index (Phi) is 9.45. The van der Waals surface area contributed by atoms with E-state index in [-0.39, 0.29) is 44.5 Å². The van der Waals surface area contributed by atoms with Gasteiger partial charge in [0.1, 0.15) is 11.4 Å². The van der Waals surface area contributed by atoms with Gasteiger partial charge in [0, 0.05) is 39.9 Å². The molecule has 0 radical (unpaired) electrons. The van der Waals surface area contributed by atoms with Crippen LogP contribution in [0.2, 0.25) is 0 Å². The lowest BCUT2D eigenvalue weighted by Gasteiger charge is -2.26. The van der Waals surface area contributed by atoms with E-state index in [2.05, 4.69) is 5.32 Å². The van der Waals surface area contributed by atoms with Gasteiger partial charge in [0.15, 0.2) is 5.78 Å². The summed E-state index contributed by atoms with van der Waals surface area (Å²) in [5, 5.41) is 12.6. The SMILES string of the molecule is Cc1cccc(S(=O)(=O)N2/C(=C3\C(=O)c4ccccc4N3S(=O)(=O)c3cccc(C(=O)O)c3)C(=O)c3ccccc32)c1.O=C1/C(=C2\Nc3ccccc3C2=O)Cc2ccccc21. The summed E-state index contributed by atoms with van der Waals surface area (Å²) in [5.74, 6) is -3.25. The number of aromatic carboxylic acids is 1. The number of hydrogen-bond donors (Lipinski definition) is 2. The number of carbonyl (C=O) groups excluding carboxylic acids is 4. The van der Waals surface area contributed by atoms with Crippen molar-refractivity contribution in [1.29, 1.82) is 0 Å². The molecule has 0 amide bonds. The van der Waals surface area contributed by atoms with E-state index in [4.69, 9.17) is 0 Å². The number of carbonyl (C=O) groups is 5. The number of ketones is 4. The third kappa shape index (κ3) is 6.24. The van der Waals surface area contributed by atoms with Gasteiger partial charge in [0.05, 0.1) is 32.4 Å². The summed E-state index contributed by atoms with van der Waals surface area (Å²) in [6.45, 7) is 1.69. The van der Waals surface area contributed by atoms with Gasteiger partial charge in [-0.3, -0.25) is 19.2 Å². The first-order valence-corrected chi connectivity index (χ1v) is 21.9. The molecular weight excluding hydrogens is 831 g/mol. The molecule has 3 heterocycles. The van der Waals surface area contributed by atoms with Crippen LogP contribution in [0.3, 0.4) is 0 Å². The second-order valence-corrected chi connectivity index (χ2v) is 18.2. The molecule has 62 heavy (non-hydrogen) atoms. The standard InChI is InChI=1S/C30H20N2O8S2.C17H11NO2/c1-18-8-6-10-20(16-18)41(37,38)31-24-14-4-2-12-22(24)28(33)26(31)27-29(34)23-13-3-5-15-25(23)32(27)42(39,40)21-11-7-9-19(17-21)30(35)36;19-16-11-6-2-1-5-10(11)9-13(16)15-17(20)12-7-3-4-8-14(12)18-15/h2-17H,1H3,(H,35,36);1-8,18H,9H2/b27-26+;15-13-. The van der Waals surface area contributed by atoms with Gasteiger partial charge in [-0.1, -0.05) is 78.9 Å². The fourth-order valence-corrected chi connectivity index (χ4v) is 11.1. The minimum absolute atomic E-state index is 0.0368. The monoisotopic (exact) mass is 861 g/mol. The summed E-state index contributed by atoms with van der Waals surface area (Å²) in [6, 6.07) is 36.9. The molecule has 0 aromatic heterocycles. The maximum atomic E-state index is 14.2. The van der Waals surface area contributed by atoms with Crippen LogP contribution < -0.4 is 13.9 Å². The van der Waals surface area contributed by atoms with E-state index in [0.717, 1.165) is 27.7 Å². The van der Waals surface area contributed by atoms with Crippen LogP contribution in [-0.2, 0) is 26.5 Å². The van der Waals surface area contributed by atoms with Crippen LogP contribution >= 0.6 is 0 Å². The first kappa shape index (κ1) is 39.7. The molecule has 15 heteroatoms. The van der Waals surface area contributed by atoms with Crippen LogP contribution in [0.4, 0.5) is 17.1 Å². The lowest BCUT2D eigenvalue weighted by atomic mass is 10.1. The van der Waals surface area contributed by atoms with Crippen LogP contribution in [-0.4, -0.2) is 51.0 Å². The minimum atomic E-state index is -4.76. The summed E-state index contributed by atoms with van der Waals surface area (Å²) >= 11 is 0. The van der Waals surface area contributed by atoms with E-state index in [1.54, 1.807) is 19.1 Å². The molecule has 6 aromatic carbocycles. The number of allylic oxidation sites excluding steroid dienone is 4. The van der Waals surface area contributed by atoms with Crippen molar-refractivity contribution in [2.24, 2.45) is 0 Å². The number of nitrogens with zero attached hydrogens (tertiary/aromatic N) is 2. The molecular formula is C47H31N3O10S2. The Morgan fingerprint density at radius 3 is 1.60 bits per heavy atom. The van der Waals surface area contributed by atoms with Crippen LogP contribution in [0.5, 0.6) is 0 Å². The van der Waals surface area contributed by atoms with Crippen molar-refractivity contribution in [3.05, 3.63) is 207 Å². The van der Waals surface area contributed by atoms with E-state index in [0.29, 0.717) is 38.7 Å². The highest BCUT2D eigenvalue weighted by atomic mass is 32.2. The Bertz CT molecular complexity index is 3250. The van der Waals surface area contributed by atoms with Crippen molar-refractivity contribution in [2.45, 2.75) is 23.1 Å². The Labute approximate surface area is 355 Å². The largest absolute Gasteiger partial charge is 0.478 e. The van der Waals surface area contributed by atoms with Crippen LogP contribution in [0, 0.1) is 6.92 Å². The quantitative estimate of drug-likeness (QED) is 0.164. The van der Waals surface area contributed by atoms with Crippen molar-refractivity contribution >= 4 is 66.2 Å². The number of hydrogen-bond acceptors (Lipinski definition) is 10. The Hall–Kier alpha value is -7.75. The highest BCUT2D eigenvalue weighted by Gasteiger charge is 2.50. The molecule has 10 rings (SSSR count). The van der Waals surface area contributed by atoms with Gasteiger partial charge < -0.3 is 10.4 Å². The van der Waals surface area contributed by atoms with Crippen LogP contribution in [0.1, 0.15) is 62.9 Å². The van der Waals surface area contributed by atoms with Gasteiger partial charge in [-0.15, -0.1) is 0 Å².